The van der Waals surface area contributed by atoms with Gasteiger partial charge in [-0.3, -0.25) is 9.89 Å². The van der Waals surface area contributed by atoms with Crippen molar-refractivity contribution in [2.45, 2.75) is 64.0 Å². The molecule has 0 aromatic carbocycles. The van der Waals surface area contributed by atoms with Crippen molar-refractivity contribution in [3.8, 4) is 0 Å². The molecule has 1 saturated heterocycles. The van der Waals surface area contributed by atoms with Crippen molar-refractivity contribution in [1.82, 2.24) is 19.8 Å². The Balaban J connectivity index is 1.62. The molecule has 0 saturated carbocycles. The molecule has 24 heavy (non-hydrogen) atoms. The number of unbranched alkanes of at least 4 members (excludes halogenated alkanes) is 1. The van der Waals surface area contributed by atoms with Crippen molar-refractivity contribution in [3.05, 3.63) is 17.5 Å². The molecular weight excluding hydrogens is 328 g/mol. The Morgan fingerprint density at radius 1 is 1.46 bits per heavy atom. The fraction of sp³-hybridized carbons (Fsp3) is 0.750. The molecule has 1 aromatic rings. The first-order valence-corrected chi connectivity index (χ1v) is 10.4. The van der Waals surface area contributed by atoms with Crippen LogP contribution < -0.4 is 5.32 Å². The summed E-state index contributed by atoms with van der Waals surface area (Å²) in [6.45, 7) is 2.43. The number of fused-ring (bicyclic) bond motifs is 1. The number of amides is 1. The van der Waals surface area contributed by atoms with E-state index in [2.05, 4.69) is 15.5 Å². The highest BCUT2D eigenvalue weighted by Gasteiger charge is 2.39. The lowest BCUT2D eigenvalue weighted by Crippen LogP contribution is -2.50. The lowest BCUT2D eigenvalue weighted by molar-refractivity contribution is -0.125. The van der Waals surface area contributed by atoms with Gasteiger partial charge < -0.3 is 5.32 Å². The van der Waals surface area contributed by atoms with Gasteiger partial charge in [-0.2, -0.15) is 9.40 Å². The molecule has 1 amide bonds. The summed E-state index contributed by atoms with van der Waals surface area (Å²) in [5.41, 5.74) is 2.29. The summed E-state index contributed by atoms with van der Waals surface area (Å²) in [6, 6.07) is -0.499. The first kappa shape index (κ1) is 17.4. The van der Waals surface area contributed by atoms with E-state index in [0.717, 1.165) is 37.8 Å². The van der Waals surface area contributed by atoms with Gasteiger partial charge in [-0.15, -0.1) is 0 Å². The second-order valence-electron chi connectivity index (χ2n) is 6.76. The van der Waals surface area contributed by atoms with Crippen LogP contribution in [0, 0.1) is 0 Å². The minimum atomic E-state index is -3.34. The van der Waals surface area contributed by atoms with E-state index in [1.807, 2.05) is 13.1 Å². The Labute approximate surface area is 143 Å². The second-order valence-corrected chi connectivity index (χ2v) is 8.80. The molecule has 2 N–H and O–H groups in total. The highest BCUT2D eigenvalue weighted by atomic mass is 32.2. The third kappa shape index (κ3) is 3.64. The summed E-state index contributed by atoms with van der Waals surface area (Å²) in [7, 11) is -3.34. The molecular formula is C16H26N4O3S. The molecule has 2 unspecified atom stereocenters. The van der Waals surface area contributed by atoms with Crippen LogP contribution in [0.25, 0.3) is 0 Å². The van der Waals surface area contributed by atoms with Crippen LogP contribution in [0.3, 0.4) is 0 Å². The van der Waals surface area contributed by atoms with Crippen LogP contribution in [0.15, 0.2) is 6.20 Å². The molecule has 0 radical (unpaired) electrons. The van der Waals surface area contributed by atoms with Gasteiger partial charge in [-0.05, 0) is 37.7 Å². The van der Waals surface area contributed by atoms with Gasteiger partial charge in [0.25, 0.3) is 0 Å². The maximum atomic E-state index is 12.7. The fourth-order valence-corrected chi connectivity index (χ4v) is 5.49. The third-order valence-electron chi connectivity index (χ3n) is 4.99. The van der Waals surface area contributed by atoms with Gasteiger partial charge in [0.15, 0.2) is 0 Å². The Morgan fingerprint density at radius 3 is 3.08 bits per heavy atom. The smallest absolute Gasteiger partial charge is 0.238 e. The van der Waals surface area contributed by atoms with Crippen LogP contribution in [-0.2, 0) is 27.7 Å². The molecule has 7 nitrogen and oxygen atoms in total. The van der Waals surface area contributed by atoms with Gasteiger partial charge in [-0.25, -0.2) is 8.42 Å². The van der Waals surface area contributed by atoms with Crippen LogP contribution in [0.2, 0.25) is 0 Å². The van der Waals surface area contributed by atoms with Crippen LogP contribution in [0.4, 0.5) is 0 Å². The van der Waals surface area contributed by atoms with Gasteiger partial charge in [0.05, 0.1) is 11.9 Å². The average Bonchev–Trinajstić information content (AvgIpc) is 3.21. The molecule has 2 atom stereocenters. The van der Waals surface area contributed by atoms with Gasteiger partial charge in [0.1, 0.15) is 6.04 Å². The van der Waals surface area contributed by atoms with Gasteiger partial charge >= 0.3 is 0 Å². The number of H-pyrrole nitrogens is 1. The monoisotopic (exact) mass is 354 g/mol. The van der Waals surface area contributed by atoms with E-state index in [1.54, 1.807) is 0 Å². The summed E-state index contributed by atoms with van der Waals surface area (Å²) in [5, 5.41) is 10.1. The fourth-order valence-electron chi connectivity index (χ4n) is 3.61. The lowest BCUT2D eigenvalue weighted by Gasteiger charge is -2.27. The molecule has 3 rings (SSSR count). The van der Waals surface area contributed by atoms with E-state index in [0.29, 0.717) is 19.4 Å². The van der Waals surface area contributed by atoms with E-state index >= 15 is 0 Å². The van der Waals surface area contributed by atoms with Crippen LogP contribution in [0.1, 0.15) is 50.3 Å². The van der Waals surface area contributed by atoms with Crippen molar-refractivity contribution >= 4 is 15.9 Å². The summed E-state index contributed by atoms with van der Waals surface area (Å²) < 4.78 is 26.3. The topological polar surface area (TPSA) is 95.2 Å². The normalized spacial score (nSPS) is 24.7. The summed E-state index contributed by atoms with van der Waals surface area (Å²) >= 11 is 0. The maximum Gasteiger partial charge on any atom is 0.238 e. The SMILES string of the molecule is CCCCS(=O)(=O)N1CCCC1C(=O)NC1CCc2cn[nH]c2C1. The molecule has 134 valence electrons. The molecule has 1 aromatic heterocycles. The summed E-state index contributed by atoms with van der Waals surface area (Å²) in [5.74, 6) is -0.0191. The first-order chi connectivity index (χ1) is 11.5. The van der Waals surface area contributed by atoms with Crippen molar-refractivity contribution in [2.24, 2.45) is 0 Å². The first-order valence-electron chi connectivity index (χ1n) is 8.82. The third-order valence-corrected chi connectivity index (χ3v) is 6.94. The standard InChI is InChI=1S/C16H26N4O3S/c1-2-3-9-24(22,23)20-8-4-5-15(20)16(21)18-13-7-6-12-11-17-19-14(12)10-13/h11,13,15H,2-10H2,1H3,(H,17,19)(H,18,21). The van der Waals surface area contributed by atoms with Crippen LogP contribution >= 0.6 is 0 Å². The zero-order chi connectivity index (χ0) is 17.2. The lowest BCUT2D eigenvalue weighted by atomic mass is 9.93. The Hall–Kier alpha value is -1.41. The highest BCUT2D eigenvalue weighted by Crippen LogP contribution is 2.24. The minimum absolute atomic E-state index is 0.0474. The number of aryl methyl sites for hydroxylation is 1. The summed E-state index contributed by atoms with van der Waals surface area (Å²) in [6.07, 6.45) is 7.16. The zero-order valence-corrected chi connectivity index (χ0v) is 14.9. The largest absolute Gasteiger partial charge is 0.352 e. The second kappa shape index (κ2) is 7.23. The van der Waals surface area contributed by atoms with Crippen molar-refractivity contribution in [3.63, 3.8) is 0 Å². The van der Waals surface area contributed by atoms with E-state index < -0.39 is 16.1 Å². The zero-order valence-electron chi connectivity index (χ0n) is 14.1. The Morgan fingerprint density at radius 2 is 2.29 bits per heavy atom. The highest BCUT2D eigenvalue weighted by molar-refractivity contribution is 7.89. The molecule has 1 fully saturated rings. The number of nitrogens with zero attached hydrogens (tertiary/aromatic N) is 2. The number of hydrogen-bond acceptors (Lipinski definition) is 4. The number of hydrogen-bond donors (Lipinski definition) is 2. The predicted molar refractivity (Wildman–Crippen MR) is 91.0 cm³/mol. The molecule has 0 bridgehead atoms. The number of sulfonamides is 1. The summed E-state index contributed by atoms with van der Waals surface area (Å²) in [4.78, 5) is 12.7. The maximum absolute atomic E-state index is 12.7. The molecule has 1 aliphatic carbocycles. The average molecular weight is 354 g/mol. The molecule has 1 aliphatic heterocycles. The quantitative estimate of drug-likeness (QED) is 0.796. The van der Waals surface area contributed by atoms with Crippen molar-refractivity contribution in [2.75, 3.05) is 12.3 Å². The molecule has 0 spiro atoms. The number of nitrogens with one attached hydrogen (secondary N) is 2. The van der Waals surface area contributed by atoms with Gasteiger partial charge in [0.2, 0.25) is 15.9 Å². The number of carbonyl (C=O) groups is 1. The van der Waals surface area contributed by atoms with E-state index in [-0.39, 0.29) is 17.7 Å². The van der Waals surface area contributed by atoms with Crippen molar-refractivity contribution < 1.29 is 13.2 Å². The number of rotatable bonds is 6. The van der Waals surface area contributed by atoms with Gasteiger partial charge in [-0.1, -0.05) is 13.3 Å². The Kier molecular flexibility index (Phi) is 5.24. The van der Waals surface area contributed by atoms with E-state index in [9.17, 15) is 13.2 Å². The Bertz CT molecular complexity index is 685. The number of aromatic nitrogens is 2. The molecule has 8 heteroatoms. The number of carbonyl (C=O) groups excluding carboxylic acids is 1. The minimum Gasteiger partial charge on any atom is -0.352 e. The van der Waals surface area contributed by atoms with E-state index in [1.165, 1.54) is 9.87 Å². The van der Waals surface area contributed by atoms with Gasteiger partial charge in [0, 0.05) is 24.7 Å². The molecule has 2 heterocycles. The predicted octanol–water partition coefficient (Wildman–Crippen LogP) is 0.978. The van der Waals surface area contributed by atoms with Crippen LogP contribution in [-0.4, -0.2) is 53.2 Å². The molecule has 2 aliphatic rings. The van der Waals surface area contributed by atoms with Crippen LogP contribution in [0.5, 0.6) is 0 Å². The van der Waals surface area contributed by atoms with Crippen molar-refractivity contribution in [1.29, 1.82) is 0 Å². The van der Waals surface area contributed by atoms with E-state index in [4.69, 9.17) is 0 Å². The number of aromatic amines is 1.